The van der Waals surface area contributed by atoms with Crippen LogP contribution in [0.3, 0.4) is 0 Å². The van der Waals surface area contributed by atoms with Gasteiger partial charge >= 0.3 is 0 Å². The van der Waals surface area contributed by atoms with Crippen LogP contribution in [0.5, 0.6) is 11.5 Å². The van der Waals surface area contributed by atoms with Gasteiger partial charge in [0.2, 0.25) is 0 Å². The summed E-state index contributed by atoms with van der Waals surface area (Å²) in [4.78, 5) is 12.6. The third-order valence-corrected chi connectivity index (χ3v) is 4.75. The molecule has 0 aliphatic carbocycles. The number of rotatable bonds is 8. The van der Waals surface area contributed by atoms with Crippen LogP contribution in [0, 0.1) is 11.3 Å². The Balaban J connectivity index is 1.76. The summed E-state index contributed by atoms with van der Waals surface area (Å²) in [6.07, 6.45) is 1.54. The van der Waals surface area contributed by atoms with Crippen LogP contribution in [0.2, 0.25) is 0 Å². The lowest BCUT2D eigenvalue weighted by Crippen LogP contribution is -2.27. The molecule has 1 N–H and O–H groups in total. The molecule has 1 amide bonds. The van der Waals surface area contributed by atoms with Crippen LogP contribution in [0.4, 0.5) is 0 Å². The van der Waals surface area contributed by atoms with E-state index in [0.717, 1.165) is 11.1 Å². The molecule has 31 heavy (non-hydrogen) atoms. The highest BCUT2D eigenvalue weighted by Gasteiger charge is 2.14. The van der Waals surface area contributed by atoms with Gasteiger partial charge in [-0.2, -0.15) is 5.26 Å². The van der Waals surface area contributed by atoms with Gasteiger partial charge in [-0.25, -0.2) is 0 Å². The molecule has 0 bridgehead atoms. The number of nitriles is 1. The van der Waals surface area contributed by atoms with Gasteiger partial charge in [-0.1, -0.05) is 66.7 Å². The molecule has 0 aliphatic rings. The van der Waals surface area contributed by atoms with Crippen molar-refractivity contribution in [2.24, 2.45) is 0 Å². The average molecular weight is 412 g/mol. The van der Waals surface area contributed by atoms with Crippen molar-refractivity contribution < 1.29 is 14.3 Å². The van der Waals surface area contributed by atoms with Crippen LogP contribution in [0.1, 0.15) is 29.7 Å². The van der Waals surface area contributed by atoms with Gasteiger partial charge in [0.25, 0.3) is 5.91 Å². The minimum absolute atomic E-state index is 0.0157. The third kappa shape index (κ3) is 5.97. The van der Waals surface area contributed by atoms with Crippen LogP contribution in [0.15, 0.2) is 84.4 Å². The quantitative estimate of drug-likeness (QED) is 0.415. The Labute approximate surface area is 182 Å². The number of nitrogens with one attached hydrogen (secondary N) is 1. The molecule has 0 aliphatic heterocycles. The molecule has 0 fully saturated rings. The van der Waals surface area contributed by atoms with Gasteiger partial charge in [-0.05, 0) is 41.8 Å². The Morgan fingerprint density at radius 1 is 1.03 bits per heavy atom. The lowest BCUT2D eigenvalue weighted by Gasteiger charge is -2.14. The first-order valence-corrected chi connectivity index (χ1v) is 9.93. The van der Waals surface area contributed by atoms with Gasteiger partial charge in [-0.15, -0.1) is 0 Å². The zero-order valence-electron chi connectivity index (χ0n) is 17.5. The Hall–Kier alpha value is -4.04. The molecule has 0 aromatic heterocycles. The van der Waals surface area contributed by atoms with E-state index in [1.807, 2.05) is 73.7 Å². The maximum absolute atomic E-state index is 12.6. The molecule has 0 spiro atoms. The van der Waals surface area contributed by atoms with E-state index in [2.05, 4.69) is 5.32 Å². The Kier molecular flexibility index (Phi) is 7.45. The van der Waals surface area contributed by atoms with E-state index in [9.17, 15) is 10.1 Å². The monoisotopic (exact) mass is 412 g/mol. The highest BCUT2D eigenvalue weighted by Crippen LogP contribution is 2.30. The molecule has 5 heteroatoms. The van der Waals surface area contributed by atoms with Crippen molar-refractivity contribution in [2.45, 2.75) is 19.6 Å². The van der Waals surface area contributed by atoms with Crippen molar-refractivity contribution in [3.8, 4) is 17.6 Å². The molecule has 0 radical (unpaired) electrons. The van der Waals surface area contributed by atoms with Crippen LogP contribution < -0.4 is 14.8 Å². The fourth-order valence-corrected chi connectivity index (χ4v) is 3.05. The lowest BCUT2D eigenvalue weighted by atomic mass is 10.1. The molecule has 0 saturated carbocycles. The molecule has 0 heterocycles. The number of nitrogens with zero attached hydrogens (tertiary/aromatic N) is 1. The van der Waals surface area contributed by atoms with Gasteiger partial charge in [0, 0.05) is 0 Å². The molecule has 5 nitrogen and oxygen atoms in total. The molecular formula is C26H24N2O3. The van der Waals surface area contributed by atoms with Crippen molar-refractivity contribution in [1.29, 1.82) is 5.26 Å². The van der Waals surface area contributed by atoms with E-state index in [0.29, 0.717) is 23.7 Å². The first-order valence-electron chi connectivity index (χ1n) is 9.93. The molecule has 3 aromatic carbocycles. The number of hydrogen-bond donors (Lipinski definition) is 1. The molecule has 3 aromatic rings. The zero-order chi connectivity index (χ0) is 22.1. The van der Waals surface area contributed by atoms with E-state index < -0.39 is 5.91 Å². The van der Waals surface area contributed by atoms with Crippen molar-refractivity contribution >= 4 is 12.0 Å². The average Bonchev–Trinajstić information content (AvgIpc) is 2.82. The second-order valence-electron chi connectivity index (χ2n) is 6.96. The van der Waals surface area contributed by atoms with E-state index in [-0.39, 0.29) is 11.6 Å². The van der Waals surface area contributed by atoms with E-state index in [1.54, 1.807) is 31.4 Å². The minimum atomic E-state index is -0.429. The van der Waals surface area contributed by atoms with Gasteiger partial charge in [0.15, 0.2) is 11.5 Å². The predicted molar refractivity (Wildman–Crippen MR) is 120 cm³/mol. The summed E-state index contributed by atoms with van der Waals surface area (Å²) in [5.74, 6) is 0.686. The number of amides is 1. The van der Waals surface area contributed by atoms with Crippen molar-refractivity contribution in [3.05, 3.63) is 101 Å². The predicted octanol–water partition coefficient (Wildman–Crippen LogP) is 5.06. The summed E-state index contributed by atoms with van der Waals surface area (Å²) in [6.45, 7) is 2.26. The third-order valence-electron chi connectivity index (χ3n) is 4.75. The molecule has 0 unspecified atom stereocenters. The van der Waals surface area contributed by atoms with Crippen LogP contribution in [0.25, 0.3) is 6.08 Å². The zero-order valence-corrected chi connectivity index (χ0v) is 17.5. The molecule has 1 atom stereocenters. The normalized spacial score (nSPS) is 11.8. The van der Waals surface area contributed by atoms with Crippen LogP contribution in [-0.4, -0.2) is 13.0 Å². The molecule has 0 saturated heterocycles. The smallest absolute Gasteiger partial charge is 0.262 e. The summed E-state index contributed by atoms with van der Waals surface area (Å²) in [5, 5.41) is 12.4. The van der Waals surface area contributed by atoms with Gasteiger partial charge in [-0.3, -0.25) is 4.79 Å². The molecule has 156 valence electrons. The first kappa shape index (κ1) is 21.7. The highest BCUT2D eigenvalue weighted by molar-refractivity contribution is 6.01. The molecular weight excluding hydrogens is 388 g/mol. The lowest BCUT2D eigenvalue weighted by molar-refractivity contribution is -0.117. The van der Waals surface area contributed by atoms with E-state index in [1.165, 1.54) is 0 Å². The standard InChI is InChI=1S/C26H24N2O3/c1-19(22-11-7-4-8-12-22)28-26(29)23(17-27)15-21-13-14-24(30-2)25(16-21)31-18-20-9-5-3-6-10-20/h3-16,19H,18H2,1-2H3,(H,28,29)/b23-15-/t19-/m1/s1. The number of carbonyl (C=O) groups is 1. The van der Waals surface area contributed by atoms with Crippen molar-refractivity contribution in [2.75, 3.05) is 7.11 Å². The molecule has 3 rings (SSSR count). The fraction of sp³-hybridized carbons (Fsp3) is 0.154. The summed E-state index contributed by atoms with van der Waals surface area (Å²) in [7, 11) is 1.57. The minimum Gasteiger partial charge on any atom is -0.493 e. The van der Waals surface area contributed by atoms with Crippen molar-refractivity contribution in [3.63, 3.8) is 0 Å². The summed E-state index contributed by atoms with van der Waals surface area (Å²) < 4.78 is 11.3. The van der Waals surface area contributed by atoms with Crippen LogP contribution >= 0.6 is 0 Å². The second-order valence-corrected chi connectivity index (χ2v) is 6.96. The van der Waals surface area contributed by atoms with Gasteiger partial charge in [0.05, 0.1) is 13.2 Å². The fourth-order valence-electron chi connectivity index (χ4n) is 3.05. The first-order chi connectivity index (χ1) is 15.1. The van der Waals surface area contributed by atoms with Gasteiger partial charge < -0.3 is 14.8 Å². The summed E-state index contributed by atoms with van der Waals surface area (Å²) in [5.41, 5.74) is 2.68. The highest BCUT2D eigenvalue weighted by atomic mass is 16.5. The number of benzene rings is 3. The van der Waals surface area contributed by atoms with E-state index >= 15 is 0 Å². The second kappa shape index (κ2) is 10.7. The number of ether oxygens (including phenoxy) is 2. The number of carbonyl (C=O) groups excluding carboxylic acids is 1. The largest absolute Gasteiger partial charge is 0.493 e. The topological polar surface area (TPSA) is 71.3 Å². The SMILES string of the molecule is COc1ccc(/C=C(/C#N)C(=O)N[C@H](C)c2ccccc2)cc1OCc1ccccc1. The summed E-state index contributed by atoms with van der Waals surface area (Å²) >= 11 is 0. The maximum Gasteiger partial charge on any atom is 0.262 e. The maximum atomic E-state index is 12.6. The van der Waals surface area contributed by atoms with Crippen LogP contribution in [-0.2, 0) is 11.4 Å². The van der Waals surface area contributed by atoms with E-state index in [4.69, 9.17) is 9.47 Å². The number of methoxy groups -OCH3 is 1. The Morgan fingerprint density at radius 3 is 2.35 bits per heavy atom. The summed E-state index contributed by atoms with van der Waals surface area (Å²) in [6, 6.07) is 26.5. The Bertz CT molecular complexity index is 1090. The van der Waals surface area contributed by atoms with Crippen molar-refractivity contribution in [1.82, 2.24) is 5.32 Å². The van der Waals surface area contributed by atoms with Gasteiger partial charge in [0.1, 0.15) is 18.2 Å². The number of hydrogen-bond acceptors (Lipinski definition) is 4. The Morgan fingerprint density at radius 2 is 1.71 bits per heavy atom.